The molecule has 0 fully saturated rings. The first-order valence-electron chi connectivity index (χ1n) is 7.41. The molecule has 116 valence electrons. The molecule has 0 amide bonds. The Balaban J connectivity index is 1.40. The predicted octanol–water partition coefficient (Wildman–Crippen LogP) is 1.26. The SMILES string of the molecule is c1cn2c(n1)N=C(c1cc3cc(-c4nc5[nH]cnc5[nH]4)nn3[nH]1)C2. The minimum Gasteiger partial charge on any atom is -0.328 e. The Morgan fingerprint density at radius 3 is 3.00 bits per heavy atom. The summed E-state index contributed by atoms with van der Waals surface area (Å²) in [7, 11) is 0. The van der Waals surface area contributed by atoms with Crippen molar-refractivity contribution in [3.63, 3.8) is 0 Å². The fourth-order valence-electron chi connectivity index (χ4n) is 2.98. The number of nitrogens with zero attached hydrogens (tertiary/aromatic N) is 7. The van der Waals surface area contributed by atoms with Gasteiger partial charge >= 0.3 is 0 Å². The van der Waals surface area contributed by atoms with Gasteiger partial charge in [0.05, 0.1) is 29.8 Å². The van der Waals surface area contributed by atoms with Gasteiger partial charge in [-0.25, -0.2) is 19.9 Å². The predicted molar refractivity (Wildman–Crippen MR) is 85.2 cm³/mol. The molecule has 10 nitrogen and oxygen atoms in total. The molecule has 0 saturated carbocycles. The molecule has 0 spiro atoms. The van der Waals surface area contributed by atoms with Crippen LogP contribution in [-0.2, 0) is 6.54 Å². The van der Waals surface area contributed by atoms with Crippen molar-refractivity contribution in [3.8, 4) is 11.5 Å². The molecule has 3 N–H and O–H groups in total. The van der Waals surface area contributed by atoms with E-state index < -0.39 is 0 Å². The molecule has 0 unspecified atom stereocenters. The zero-order valence-corrected chi connectivity index (χ0v) is 12.2. The van der Waals surface area contributed by atoms with E-state index in [1.807, 2.05) is 22.9 Å². The molecule has 0 atom stereocenters. The van der Waals surface area contributed by atoms with E-state index in [2.05, 4.69) is 40.1 Å². The Bertz CT molecular complexity index is 1180. The second-order valence-electron chi connectivity index (χ2n) is 5.63. The van der Waals surface area contributed by atoms with Gasteiger partial charge in [0, 0.05) is 12.4 Å². The average molecular weight is 318 g/mol. The Labute approximate surface area is 133 Å². The highest BCUT2D eigenvalue weighted by Gasteiger charge is 2.19. The summed E-state index contributed by atoms with van der Waals surface area (Å²) in [6.07, 6.45) is 5.28. The van der Waals surface area contributed by atoms with Gasteiger partial charge in [-0.15, -0.1) is 5.10 Å². The highest BCUT2D eigenvalue weighted by atomic mass is 15.4. The minimum absolute atomic E-state index is 0.682. The summed E-state index contributed by atoms with van der Waals surface area (Å²) in [5.41, 5.74) is 5.01. The summed E-state index contributed by atoms with van der Waals surface area (Å²) in [6, 6.07) is 3.99. The maximum atomic E-state index is 4.53. The number of hydrogen-bond acceptors (Lipinski definition) is 5. The molecule has 1 aliphatic rings. The third-order valence-corrected chi connectivity index (χ3v) is 4.14. The number of fused-ring (bicyclic) bond motifs is 3. The van der Waals surface area contributed by atoms with Gasteiger partial charge in [0.25, 0.3) is 0 Å². The number of rotatable bonds is 2. The molecule has 6 rings (SSSR count). The van der Waals surface area contributed by atoms with Crippen LogP contribution in [-0.4, -0.2) is 50.0 Å². The quantitative estimate of drug-likeness (QED) is 0.453. The van der Waals surface area contributed by atoms with Gasteiger partial charge in [-0.05, 0) is 12.1 Å². The first kappa shape index (κ1) is 11.8. The third kappa shape index (κ3) is 1.51. The minimum atomic E-state index is 0.682. The number of aromatic nitrogens is 9. The van der Waals surface area contributed by atoms with Gasteiger partial charge in [-0.2, -0.15) is 4.63 Å². The number of aromatic amines is 3. The number of nitrogens with one attached hydrogen (secondary N) is 3. The standard InChI is InChI=1S/C14H10N10/c1-2-23-5-10(18-14(23)15-1)8-3-7-4-9(22-24(7)21-8)11-19-12-13(20-11)17-6-16-12/h1-4,6,21H,5H2,(H,16,17)(H,19,20). The van der Waals surface area contributed by atoms with Gasteiger partial charge in [-0.1, -0.05) is 0 Å². The van der Waals surface area contributed by atoms with Crippen LogP contribution in [0.4, 0.5) is 5.95 Å². The fourth-order valence-corrected chi connectivity index (χ4v) is 2.98. The second-order valence-corrected chi connectivity index (χ2v) is 5.63. The van der Waals surface area contributed by atoms with Crippen LogP contribution < -0.4 is 0 Å². The van der Waals surface area contributed by atoms with Crippen molar-refractivity contribution in [1.82, 2.24) is 44.3 Å². The Morgan fingerprint density at radius 2 is 2.12 bits per heavy atom. The van der Waals surface area contributed by atoms with Crippen molar-refractivity contribution in [2.75, 3.05) is 0 Å². The van der Waals surface area contributed by atoms with E-state index in [9.17, 15) is 0 Å². The zero-order chi connectivity index (χ0) is 15.7. The molecule has 5 aromatic rings. The van der Waals surface area contributed by atoms with Crippen LogP contribution in [0, 0.1) is 0 Å². The first-order chi connectivity index (χ1) is 11.8. The monoisotopic (exact) mass is 318 g/mol. The molecular weight excluding hydrogens is 308 g/mol. The summed E-state index contributed by atoms with van der Waals surface area (Å²) >= 11 is 0. The molecular formula is C14H10N10. The maximum Gasteiger partial charge on any atom is 0.230 e. The molecule has 0 aromatic carbocycles. The van der Waals surface area contributed by atoms with E-state index in [4.69, 9.17) is 0 Å². The molecule has 1 aliphatic heterocycles. The number of aliphatic imine (C=N–C) groups is 1. The summed E-state index contributed by atoms with van der Waals surface area (Å²) < 4.78 is 3.72. The van der Waals surface area contributed by atoms with Crippen molar-refractivity contribution < 1.29 is 0 Å². The van der Waals surface area contributed by atoms with E-state index in [0.29, 0.717) is 12.4 Å². The summed E-state index contributed by atoms with van der Waals surface area (Å²) in [5.74, 6) is 1.41. The number of hydrogen-bond donors (Lipinski definition) is 3. The maximum absolute atomic E-state index is 4.53. The lowest BCUT2D eigenvalue weighted by Gasteiger charge is -1.96. The topological polar surface area (TPSA) is 121 Å². The zero-order valence-electron chi connectivity index (χ0n) is 12.2. The Hall–Kier alpha value is -3.69. The molecule has 0 saturated heterocycles. The van der Waals surface area contributed by atoms with Crippen molar-refractivity contribution in [3.05, 3.63) is 36.5 Å². The lowest BCUT2D eigenvalue weighted by atomic mass is 10.2. The van der Waals surface area contributed by atoms with Crippen molar-refractivity contribution in [2.24, 2.45) is 4.99 Å². The number of H-pyrrole nitrogens is 3. The molecule has 6 heterocycles. The lowest BCUT2D eigenvalue weighted by molar-refractivity contribution is 0.814. The van der Waals surface area contributed by atoms with Crippen LogP contribution >= 0.6 is 0 Å². The van der Waals surface area contributed by atoms with Gasteiger partial charge in [0.2, 0.25) is 5.95 Å². The average Bonchev–Trinajstić information content (AvgIpc) is 3.31. The summed E-state index contributed by atoms with van der Waals surface area (Å²) in [6.45, 7) is 0.709. The van der Waals surface area contributed by atoms with Crippen LogP contribution in [0.15, 0.2) is 35.8 Å². The van der Waals surface area contributed by atoms with Gasteiger partial charge < -0.3 is 14.5 Å². The van der Waals surface area contributed by atoms with Crippen molar-refractivity contribution >= 4 is 28.5 Å². The molecule has 5 aromatic heterocycles. The highest BCUT2D eigenvalue weighted by Crippen LogP contribution is 2.23. The van der Waals surface area contributed by atoms with E-state index in [-0.39, 0.29) is 0 Å². The third-order valence-electron chi connectivity index (χ3n) is 4.14. The molecule has 10 heteroatoms. The molecule has 24 heavy (non-hydrogen) atoms. The van der Waals surface area contributed by atoms with E-state index in [1.165, 1.54) is 0 Å². The van der Waals surface area contributed by atoms with Crippen molar-refractivity contribution in [1.29, 1.82) is 0 Å². The fraction of sp³-hybridized carbons (Fsp3) is 0.0714. The highest BCUT2D eigenvalue weighted by molar-refractivity contribution is 6.02. The van der Waals surface area contributed by atoms with Crippen LogP contribution in [0.5, 0.6) is 0 Å². The van der Waals surface area contributed by atoms with Crippen LogP contribution in [0.25, 0.3) is 28.3 Å². The summed E-state index contributed by atoms with van der Waals surface area (Å²) in [4.78, 5) is 23.4. The molecule has 0 bridgehead atoms. The van der Waals surface area contributed by atoms with Crippen LogP contribution in [0.3, 0.4) is 0 Å². The van der Waals surface area contributed by atoms with Gasteiger partial charge in [-0.3, -0.25) is 5.10 Å². The normalized spacial score (nSPS) is 13.9. The van der Waals surface area contributed by atoms with Gasteiger partial charge in [0.1, 0.15) is 5.69 Å². The summed E-state index contributed by atoms with van der Waals surface area (Å²) in [5, 5.41) is 7.78. The lowest BCUT2D eigenvalue weighted by Crippen LogP contribution is -2.05. The molecule has 0 aliphatic carbocycles. The van der Waals surface area contributed by atoms with Crippen LogP contribution in [0.1, 0.15) is 5.69 Å². The largest absolute Gasteiger partial charge is 0.328 e. The van der Waals surface area contributed by atoms with Crippen LogP contribution in [0.2, 0.25) is 0 Å². The van der Waals surface area contributed by atoms with Gasteiger partial charge in [0.15, 0.2) is 17.1 Å². The first-order valence-corrected chi connectivity index (χ1v) is 7.41. The molecule has 0 radical (unpaired) electrons. The van der Waals surface area contributed by atoms with Crippen molar-refractivity contribution in [2.45, 2.75) is 6.54 Å². The van der Waals surface area contributed by atoms with E-state index >= 15 is 0 Å². The second kappa shape index (κ2) is 3.98. The Kier molecular flexibility index (Phi) is 1.96. The number of imidazole rings is 3. The van der Waals surface area contributed by atoms with E-state index in [0.717, 1.165) is 39.9 Å². The smallest absolute Gasteiger partial charge is 0.230 e. The Morgan fingerprint density at radius 1 is 1.12 bits per heavy atom. The van der Waals surface area contributed by atoms with E-state index in [1.54, 1.807) is 17.2 Å².